The highest BCUT2D eigenvalue weighted by molar-refractivity contribution is 5.72. The van der Waals surface area contributed by atoms with Crippen LogP contribution in [-0.4, -0.2) is 17.2 Å². The fourth-order valence-corrected chi connectivity index (χ4v) is 1.44. The van der Waals surface area contributed by atoms with Crippen LogP contribution >= 0.6 is 0 Å². The van der Waals surface area contributed by atoms with E-state index >= 15 is 0 Å². The van der Waals surface area contributed by atoms with E-state index in [-0.39, 0.29) is 0 Å². The lowest BCUT2D eigenvalue weighted by molar-refractivity contribution is -0.145. The number of rotatable bonds is 4. The third-order valence-corrected chi connectivity index (χ3v) is 2.32. The Morgan fingerprint density at radius 3 is 2.33 bits per heavy atom. The topological polar surface area (TPSA) is 46.5 Å². The molecule has 15 heavy (non-hydrogen) atoms. The molecule has 0 aliphatic carbocycles. The molecule has 82 valence electrons. The summed E-state index contributed by atoms with van der Waals surface area (Å²) in [5.74, 6) is -0.230. The van der Waals surface area contributed by atoms with E-state index in [0.29, 0.717) is 12.2 Å². The van der Waals surface area contributed by atoms with Crippen molar-refractivity contribution in [2.75, 3.05) is 0 Å². The number of para-hydroxylation sites is 1. The molecule has 0 aliphatic heterocycles. The molecule has 0 aromatic heterocycles. The van der Waals surface area contributed by atoms with E-state index in [0.717, 1.165) is 11.1 Å². The Labute approximate surface area is 89.7 Å². The van der Waals surface area contributed by atoms with Gasteiger partial charge in [-0.25, -0.2) is 4.79 Å². The highest BCUT2D eigenvalue weighted by Crippen LogP contribution is 2.24. The molecule has 1 unspecified atom stereocenters. The van der Waals surface area contributed by atoms with Crippen LogP contribution in [0, 0.1) is 13.8 Å². The fraction of sp³-hybridized carbons (Fsp3) is 0.417. The third-order valence-electron chi connectivity index (χ3n) is 2.32. The van der Waals surface area contributed by atoms with E-state index in [1.807, 2.05) is 32.0 Å². The van der Waals surface area contributed by atoms with Crippen molar-refractivity contribution in [2.45, 2.75) is 33.3 Å². The van der Waals surface area contributed by atoms with Gasteiger partial charge in [-0.3, -0.25) is 0 Å². The van der Waals surface area contributed by atoms with E-state index in [2.05, 4.69) is 0 Å². The Kier molecular flexibility index (Phi) is 3.72. The fourth-order valence-electron chi connectivity index (χ4n) is 1.44. The number of hydrogen-bond acceptors (Lipinski definition) is 2. The summed E-state index contributed by atoms with van der Waals surface area (Å²) in [6.07, 6.45) is -0.298. The second-order valence-electron chi connectivity index (χ2n) is 3.57. The molecule has 1 N–H and O–H groups in total. The van der Waals surface area contributed by atoms with Gasteiger partial charge >= 0.3 is 5.97 Å². The van der Waals surface area contributed by atoms with E-state index < -0.39 is 12.1 Å². The van der Waals surface area contributed by atoms with Crippen LogP contribution in [0.5, 0.6) is 5.75 Å². The van der Waals surface area contributed by atoms with E-state index in [1.54, 1.807) is 6.92 Å². The molecule has 0 spiro atoms. The van der Waals surface area contributed by atoms with Gasteiger partial charge in [0.25, 0.3) is 0 Å². The second kappa shape index (κ2) is 4.82. The largest absolute Gasteiger partial charge is 0.479 e. The molecule has 0 heterocycles. The predicted molar refractivity (Wildman–Crippen MR) is 58.3 cm³/mol. The number of aliphatic carboxylic acids is 1. The smallest absolute Gasteiger partial charge is 0.344 e. The van der Waals surface area contributed by atoms with Crippen molar-refractivity contribution in [1.82, 2.24) is 0 Å². The minimum Gasteiger partial charge on any atom is -0.479 e. The average molecular weight is 208 g/mol. The summed E-state index contributed by atoms with van der Waals surface area (Å²) >= 11 is 0. The molecule has 1 aromatic carbocycles. The number of carboxylic acids is 1. The second-order valence-corrected chi connectivity index (χ2v) is 3.57. The molecular weight excluding hydrogens is 192 g/mol. The molecule has 1 atom stereocenters. The van der Waals surface area contributed by atoms with Crippen LogP contribution in [0.1, 0.15) is 24.5 Å². The van der Waals surface area contributed by atoms with Gasteiger partial charge in [-0.05, 0) is 31.4 Å². The van der Waals surface area contributed by atoms with Gasteiger partial charge in [0.2, 0.25) is 0 Å². The SMILES string of the molecule is CCC(Oc1c(C)cccc1C)C(=O)O. The van der Waals surface area contributed by atoms with Crippen LogP contribution < -0.4 is 4.74 Å². The number of aryl methyl sites for hydroxylation is 2. The van der Waals surface area contributed by atoms with Gasteiger partial charge < -0.3 is 9.84 Å². The van der Waals surface area contributed by atoms with Crippen molar-refractivity contribution in [2.24, 2.45) is 0 Å². The average Bonchev–Trinajstić information content (AvgIpc) is 2.17. The normalized spacial score (nSPS) is 12.2. The highest BCUT2D eigenvalue weighted by atomic mass is 16.5. The molecule has 1 aromatic rings. The minimum absolute atomic E-state index is 0.461. The van der Waals surface area contributed by atoms with Gasteiger partial charge in [0.05, 0.1) is 0 Å². The van der Waals surface area contributed by atoms with Crippen molar-refractivity contribution in [3.63, 3.8) is 0 Å². The molecular formula is C12H16O3. The Balaban J connectivity index is 2.92. The van der Waals surface area contributed by atoms with Crippen molar-refractivity contribution in [3.8, 4) is 5.75 Å². The molecule has 0 fully saturated rings. The Hall–Kier alpha value is -1.51. The summed E-state index contributed by atoms with van der Waals surface area (Å²) in [6.45, 7) is 5.63. The molecule has 0 amide bonds. The van der Waals surface area contributed by atoms with Crippen LogP contribution in [0.3, 0.4) is 0 Å². The van der Waals surface area contributed by atoms with Gasteiger partial charge in [-0.1, -0.05) is 25.1 Å². The van der Waals surface area contributed by atoms with E-state index in [1.165, 1.54) is 0 Å². The van der Waals surface area contributed by atoms with Crippen molar-refractivity contribution < 1.29 is 14.6 Å². The number of carboxylic acid groups (broad SMARTS) is 1. The van der Waals surface area contributed by atoms with Crippen LogP contribution in [-0.2, 0) is 4.79 Å². The van der Waals surface area contributed by atoms with Gasteiger partial charge in [-0.15, -0.1) is 0 Å². The maximum atomic E-state index is 10.8. The molecule has 0 radical (unpaired) electrons. The summed E-state index contributed by atoms with van der Waals surface area (Å²) in [5.41, 5.74) is 1.93. The van der Waals surface area contributed by atoms with E-state index in [9.17, 15) is 4.79 Å². The zero-order valence-corrected chi connectivity index (χ0v) is 9.28. The first kappa shape index (κ1) is 11.6. The predicted octanol–water partition coefficient (Wildman–Crippen LogP) is 2.55. The monoisotopic (exact) mass is 208 g/mol. The van der Waals surface area contributed by atoms with Crippen molar-refractivity contribution in [1.29, 1.82) is 0 Å². The molecule has 1 rings (SSSR count). The molecule has 3 heteroatoms. The van der Waals surface area contributed by atoms with Crippen molar-refractivity contribution >= 4 is 5.97 Å². The van der Waals surface area contributed by atoms with Crippen LogP contribution in [0.2, 0.25) is 0 Å². The van der Waals surface area contributed by atoms with Gasteiger partial charge in [-0.2, -0.15) is 0 Å². The molecule has 0 bridgehead atoms. The molecule has 0 saturated heterocycles. The lowest BCUT2D eigenvalue weighted by Gasteiger charge is -2.16. The zero-order valence-electron chi connectivity index (χ0n) is 9.28. The summed E-state index contributed by atoms with van der Waals surface area (Å²) < 4.78 is 5.49. The molecule has 0 saturated carbocycles. The summed E-state index contributed by atoms with van der Waals surface area (Å²) in [7, 11) is 0. The maximum Gasteiger partial charge on any atom is 0.344 e. The summed E-state index contributed by atoms with van der Waals surface area (Å²) in [6, 6.07) is 5.76. The first-order valence-electron chi connectivity index (χ1n) is 5.02. The Bertz CT molecular complexity index is 338. The first-order valence-corrected chi connectivity index (χ1v) is 5.02. The summed E-state index contributed by atoms with van der Waals surface area (Å²) in [4.78, 5) is 10.8. The summed E-state index contributed by atoms with van der Waals surface area (Å²) in [5, 5.41) is 8.89. The standard InChI is InChI=1S/C12H16O3/c1-4-10(12(13)14)15-11-8(2)6-5-7-9(11)3/h5-7,10H,4H2,1-3H3,(H,13,14). The van der Waals surface area contributed by atoms with Gasteiger partial charge in [0, 0.05) is 0 Å². The van der Waals surface area contributed by atoms with E-state index in [4.69, 9.17) is 9.84 Å². The Morgan fingerprint density at radius 2 is 1.93 bits per heavy atom. The number of carbonyl (C=O) groups is 1. The van der Waals surface area contributed by atoms with Gasteiger partial charge in [0.1, 0.15) is 5.75 Å². The number of benzene rings is 1. The lowest BCUT2D eigenvalue weighted by Crippen LogP contribution is -2.26. The molecule has 3 nitrogen and oxygen atoms in total. The number of hydrogen-bond donors (Lipinski definition) is 1. The van der Waals surface area contributed by atoms with Crippen LogP contribution in [0.15, 0.2) is 18.2 Å². The van der Waals surface area contributed by atoms with Gasteiger partial charge in [0.15, 0.2) is 6.10 Å². The third kappa shape index (κ3) is 2.72. The quantitative estimate of drug-likeness (QED) is 0.827. The highest BCUT2D eigenvalue weighted by Gasteiger charge is 2.18. The Morgan fingerprint density at radius 1 is 1.40 bits per heavy atom. The van der Waals surface area contributed by atoms with Crippen LogP contribution in [0.25, 0.3) is 0 Å². The zero-order chi connectivity index (χ0) is 11.4. The minimum atomic E-state index is -0.917. The number of ether oxygens (including phenoxy) is 1. The van der Waals surface area contributed by atoms with Crippen LogP contribution in [0.4, 0.5) is 0 Å². The molecule has 0 aliphatic rings. The first-order chi connectivity index (χ1) is 7.06. The lowest BCUT2D eigenvalue weighted by atomic mass is 10.1. The maximum absolute atomic E-state index is 10.8. The van der Waals surface area contributed by atoms with Crippen molar-refractivity contribution in [3.05, 3.63) is 29.3 Å².